The van der Waals surface area contributed by atoms with Crippen LogP contribution in [0.2, 0.25) is 0 Å². The van der Waals surface area contributed by atoms with Gasteiger partial charge >= 0.3 is 18.4 Å². The topological polar surface area (TPSA) is 168 Å². The van der Waals surface area contributed by atoms with Gasteiger partial charge in [0.2, 0.25) is 5.91 Å². The monoisotopic (exact) mass is 615 g/mol. The molecule has 1 heterocycles. The summed E-state index contributed by atoms with van der Waals surface area (Å²) < 4.78 is 122. The second-order valence-electron chi connectivity index (χ2n) is 9.09. The van der Waals surface area contributed by atoms with Crippen LogP contribution in [0.1, 0.15) is 17.5 Å². The maximum absolute atomic E-state index is 13.6. The van der Waals surface area contributed by atoms with E-state index in [2.05, 4.69) is 10.6 Å². The van der Waals surface area contributed by atoms with Crippen molar-refractivity contribution in [2.75, 3.05) is 17.4 Å². The summed E-state index contributed by atoms with van der Waals surface area (Å²) in [6.07, 6.45) is -12.8. The number of alkyl halides is 6. The van der Waals surface area contributed by atoms with E-state index in [9.17, 15) is 53.8 Å². The number of amides is 3. The Balaban J connectivity index is 2.06. The second-order valence-corrected chi connectivity index (χ2v) is 10.9. The largest absolute Gasteiger partial charge is 0.430 e. The standard InChI is InChI=1S/C23H24F7N5O5S/c24-14-3-6-16(7-4-14)41(39,40)35-15(10-33-19(36)17(31)11-34-20(32)37)5-1-12-9-13(2-8-18(12)35)21(38,22(25,26)27)23(28,29)30/h2-4,6-9,15,17,38H,1,5,10-11,31H2,(H,33,36)(H3,32,34,37)/t15-,17-/m0/s1. The third-order valence-electron chi connectivity index (χ3n) is 6.35. The zero-order valence-corrected chi connectivity index (χ0v) is 21.6. The molecule has 1 aliphatic heterocycles. The first-order chi connectivity index (χ1) is 18.8. The van der Waals surface area contributed by atoms with Crippen molar-refractivity contribution in [1.82, 2.24) is 10.6 Å². The lowest BCUT2D eigenvalue weighted by atomic mass is 9.88. The molecule has 2 aromatic carbocycles. The van der Waals surface area contributed by atoms with Crippen molar-refractivity contribution >= 4 is 27.6 Å². The molecule has 0 unspecified atom stereocenters. The molecule has 0 saturated carbocycles. The quantitative estimate of drug-likeness (QED) is 0.284. The SMILES string of the molecule is NC(=O)NC[C@H](N)C(=O)NC[C@@H]1CCc2cc(C(O)(C(F)(F)F)C(F)(F)F)ccc2N1S(=O)(=O)c1ccc(F)cc1. The van der Waals surface area contributed by atoms with E-state index in [-0.39, 0.29) is 30.6 Å². The zero-order valence-electron chi connectivity index (χ0n) is 20.8. The Morgan fingerprint density at radius 3 is 2.15 bits per heavy atom. The highest BCUT2D eigenvalue weighted by molar-refractivity contribution is 7.92. The molecule has 0 aliphatic carbocycles. The van der Waals surface area contributed by atoms with Gasteiger partial charge in [-0.2, -0.15) is 26.3 Å². The van der Waals surface area contributed by atoms with Crippen LogP contribution in [0.25, 0.3) is 0 Å². The number of sulfonamides is 1. The minimum Gasteiger partial charge on any atom is -0.369 e. The first kappa shape index (κ1) is 31.9. The molecule has 1 aliphatic rings. The smallest absolute Gasteiger partial charge is 0.369 e. The molecular formula is C23H24F7N5O5S. The van der Waals surface area contributed by atoms with E-state index >= 15 is 0 Å². The minimum atomic E-state index is -6.16. The molecule has 226 valence electrons. The molecular weight excluding hydrogens is 591 g/mol. The predicted molar refractivity (Wildman–Crippen MR) is 129 cm³/mol. The zero-order chi connectivity index (χ0) is 31.0. The molecule has 2 atom stereocenters. The van der Waals surface area contributed by atoms with Gasteiger partial charge in [-0.05, 0) is 48.7 Å². The van der Waals surface area contributed by atoms with E-state index < -0.39 is 74.8 Å². The molecule has 0 saturated heterocycles. The molecule has 18 heteroatoms. The van der Waals surface area contributed by atoms with Gasteiger partial charge in [-0.25, -0.2) is 17.6 Å². The Labute approximate surface area is 228 Å². The number of nitrogens with zero attached hydrogens (tertiary/aromatic N) is 1. The van der Waals surface area contributed by atoms with Crippen LogP contribution in [0.3, 0.4) is 0 Å². The summed E-state index contributed by atoms with van der Waals surface area (Å²) in [7, 11) is -4.63. The summed E-state index contributed by atoms with van der Waals surface area (Å²) in [4.78, 5) is 22.8. The molecule has 41 heavy (non-hydrogen) atoms. The van der Waals surface area contributed by atoms with Gasteiger partial charge in [-0.3, -0.25) is 9.10 Å². The van der Waals surface area contributed by atoms with E-state index in [1.54, 1.807) is 0 Å². The van der Waals surface area contributed by atoms with E-state index in [1.807, 2.05) is 0 Å². The first-order valence-electron chi connectivity index (χ1n) is 11.7. The number of nitrogens with two attached hydrogens (primary N) is 2. The second kappa shape index (κ2) is 11.3. The lowest BCUT2D eigenvalue weighted by Gasteiger charge is -2.39. The number of halogens is 7. The third-order valence-corrected chi connectivity index (χ3v) is 8.23. The van der Waals surface area contributed by atoms with Crippen molar-refractivity contribution in [1.29, 1.82) is 0 Å². The normalized spacial score (nSPS) is 17.0. The summed E-state index contributed by atoms with van der Waals surface area (Å²) in [5.41, 5.74) is 3.16. The fourth-order valence-electron chi connectivity index (χ4n) is 4.23. The van der Waals surface area contributed by atoms with Crippen LogP contribution in [0.15, 0.2) is 47.4 Å². The van der Waals surface area contributed by atoms with Crippen molar-refractivity contribution in [3.05, 3.63) is 59.4 Å². The number of carbonyl (C=O) groups excluding carboxylic acids is 2. The molecule has 0 bridgehead atoms. The van der Waals surface area contributed by atoms with Crippen LogP contribution in [0.5, 0.6) is 0 Å². The van der Waals surface area contributed by atoms with Crippen LogP contribution in [0, 0.1) is 5.82 Å². The molecule has 3 amide bonds. The van der Waals surface area contributed by atoms with Gasteiger partial charge in [-0.1, -0.05) is 12.1 Å². The van der Waals surface area contributed by atoms with E-state index in [0.717, 1.165) is 24.3 Å². The summed E-state index contributed by atoms with van der Waals surface area (Å²) in [6.45, 7) is -0.782. The molecule has 3 rings (SSSR count). The summed E-state index contributed by atoms with van der Waals surface area (Å²) in [5, 5.41) is 14.3. The Morgan fingerprint density at radius 2 is 1.61 bits per heavy atom. The number of hydrogen-bond donors (Lipinski definition) is 5. The minimum absolute atomic E-state index is 0.206. The molecule has 0 fully saturated rings. The number of nitrogens with one attached hydrogen (secondary N) is 2. The Kier molecular flexibility index (Phi) is 8.81. The van der Waals surface area contributed by atoms with Gasteiger partial charge < -0.3 is 27.2 Å². The maximum Gasteiger partial charge on any atom is 0.430 e. The molecule has 0 spiro atoms. The van der Waals surface area contributed by atoms with Crippen molar-refractivity contribution < 1.29 is 53.8 Å². The van der Waals surface area contributed by atoms with Gasteiger partial charge in [0.25, 0.3) is 15.6 Å². The number of anilines is 1. The first-order valence-corrected chi connectivity index (χ1v) is 13.1. The van der Waals surface area contributed by atoms with Crippen molar-refractivity contribution in [2.24, 2.45) is 11.5 Å². The van der Waals surface area contributed by atoms with Gasteiger partial charge in [0.1, 0.15) is 11.9 Å². The summed E-state index contributed by atoms with van der Waals surface area (Å²) >= 11 is 0. The van der Waals surface area contributed by atoms with E-state index in [1.165, 1.54) is 0 Å². The highest BCUT2D eigenvalue weighted by atomic mass is 32.2. The summed E-state index contributed by atoms with van der Waals surface area (Å²) in [5.74, 6) is -1.62. The Bertz CT molecular complexity index is 1390. The number of aliphatic hydroxyl groups is 1. The van der Waals surface area contributed by atoms with Crippen LogP contribution in [-0.2, 0) is 26.8 Å². The Morgan fingerprint density at radius 1 is 1.02 bits per heavy atom. The van der Waals surface area contributed by atoms with Crippen LogP contribution in [-0.4, -0.2) is 63.0 Å². The van der Waals surface area contributed by atoms with Crippen LogP contribution < -0.4 is 26.4 Å². The number of carbonyl (C=O) groups is 2. The highest BCUT2D eigenvalue weighted by Gasteiger charge is 2.71. The number of rotatable bonds is 8. The van der Waals surface area contributed by atoms with Gasteiger partial charge in [0, 0.05) is 18.7 Å². The molecule has 7 N–H and O–H groups in total. The summed E-state index contributed by atoms with van der Waals surface area (Å²) in [6, 6.07) is 1.48. The van der Waals surface area contributed by atoms with Crippen molar-refractivity contribution in [2.45, 2.75) is 47.8 Å². The molecule has 2 aromatic rings. The lowest BCUT2D eigenvalue weighted by Crippen LogP contribution is -2.54. The van der Waals surface area contributed by atoms with Gasteiger partial charge in [-0.15, -0.1) is 0 Å². The molecule has 0 aromatic heterocycles. The predicted octanol–water partition coefficient (Wildman–Crippen LogP) is 1.76. The highest BCUT2D eigenvalue weighted by Crippen LogP contribution is 2.51. The maximum atomic E-state index is 13.6. The molecule has 0 radical (unpaired) electrons. The van der Waals surface area contributed by atoms with Gasteiger partial charge in [0.15, 0.2) is 0 Å². The van der Waals surface area contributed by atoms with E-state index in [0.29, 0.717) is 22.5 Å². The van der Waals surface area contributed by atoms with Crippen molar-refractivity contribution in [3.8, 4) is 0 Å². The van der Waals surface area contributed by atoms with Crippen molar-refractivity contribution in [3.63, 3.8) is 0 Å². The van der Waals surface area contributed by atoms with E-state index in [4.69, 9.17) is 11.5 Å². The Hall–Kier alpha value is -3.64. The average Bonchev–Trinajstić information content (AvgIpc) is 2.87. The van der Waals surface area contributed by atoms with Crippen LogP contribution >= 0.6 is 0 Å². The molecule has 10 nitrogen and oxygen atoms in total. The number of benzene rings is 2. The van der Waals surface area contributed by atoms with Crippen LogP contribution in [0.4, 0.5) is 41.2 Å². The fourth-order valence-corrected chi connectivity index (χ4v) is 5.95. The number of hydrogen-bond acceptors (Lipinski definition) is 6. The lowest BCUT2D eigenvalue weighted by molar-refractivity contribution is -0.376. The number of urea groups is 1. The average molecular weight is 616 g/mol. The fraction of sp³-hybridized carbons (Fsp3) is 0.391. The number of fused-ring (bicyclic) bond motifs is 1. The van der Waals surface area contributed by atoms with Gasteiger partial charge in [0.05, 0.1) is 16.6 Å². The number of aryl methyl sites for hydroxylation is 1. The third kappa shape index (κ3) is 6.33. The number of primary amides is 1.